The van der Waals surface area contributed by atoms with Crippen molar-refractivity contribution in [2.24, 2.45) is 0 Å². The molecule has 2 aromatic rings. The van der Waals surface area contributed by atoms with Crippen molar-refractivity contribution in [3.63, 3.8) is 0 Å². The van der Waals surface area contributed by atoms with Crippen LogP contribution < -0.4 is 5.32 Å². The molecule has 108 valence electrons. The van der Waals surface area contributed by atoms with E-state index in [2.05, 4.69) is 47.2 Å². The topological polar surface area (TPSA) is 12.0 Å². The van der Waals surface area contributed by atoms with Gasteiger partial charge in [-0.3, -0.25) is 0 Å². The summed E-state index contributed by atoms with van der Waals surface area (Å²) in [5.41, 5.74) is 1.60. The highest BCUT2D eigenvalue weighted by Gasteiger charge is 2.22. The third kappa shape index (κ3) is 2.89. The minimum absolute atomic E-state index is 0.376. The molecule has 20 heavy (non-hydrogen) atoms. The van der Waals surface area contributed by atoms with Gasteiger partial charge in [-0.05, 0) is 72.8 Å². The molecule has 0 saturated carbocycles. The third-order valence-electron chi connectivity index (χ3n) is 3.81. The highest BCUT2D eigenvalue weighted by molar-refractivity contribution is 9.10. The zero-order valence-corrected chi connectivity index (χ0v) is 15.2. The summed E-state index contributed by atoms with van der Waals surface area (Å²) >= 11 is 7.58. The van der Waals surface area contributed by atoms with E-state index in [1.165, 1.54) is 44.8 Å². The summed E-state index contributed by atoms with van der Waals surface area (Å²) in [7, 11) is 0. The molecule has 2 aromatic heterocycles. The van der Waals surface area contributed by atoms with Gasteiger partial charge in [0.25, 0.3) is 0 Å². The number of hydrogen-bond donors (Lipinski definition) is 1. The van der Waals surface area contributed by atoms with Crippen LogP contribution in [0.25, 0.3) is 0 Å². The van der Waals surface area contributed by atoms with Crippen molar-refractivity contribution >= 4 is 38.6 Å². The van der Waals surface area contributed by atoms with Crippen molar-refractivity contribution in [2.45, 2.75) is 45.6 Å². The first kappa shape index (κ1) is 14.8. The molecule has 1 N–H and O–H groups in total. The van der Waals surface area contributed by atoms with E-state index in [1.54, 1.807) is 10.4 Å². The number of thiophene rings is 2. The molecule has 0 aliphatic heterocycles. The van der Waals surface area contributed by atoms with Crippen LogP contribution in [0.5, 0.6) is 0 Å². The highest BCUT2D eigenvalue weighted by atomic mass is 79.9. The Bertz CT molecular complexity index is 559. The molecule has 4 heteroatoms. The Morgan fingerprint density at radius 2 is 2.05 bits per heavy atom. The van der Waals surface area contributed by atoms with Crippen molar-refractivity contribution in [3.05, 3.63) is 41.7 Å². The molecule has 0 amide bonds. The van der Waals surface area contributed by atoms with Gasteiger partial charge in [-0.2, -0.15) is 0 Å². The fourth-order valence-electron chi connectivity index (χ4n) is 2.75. The zero-order valence-electron chi connectivity index (χ0n) is 12.0. The molecule has 0 fully saturated rings. The average Bonchev–Trinajstić information content (AvgIpc) is 3.06. The summed E-state index contributed by atoms with van der Waals surface area (Å²) in [6.07, 6.45) is 5.08. The molecule has 0 radical (unpaired) electrons. The molecule has 1 unspecified atom stereocenters. The number of nitrogens with one attached hydrogen (secondary N) is 1. The molecule has 1 atom stereocenters. The second kappa shape index (κ2) is 6.30. The number of rotatable bonds is 5. The lowest BCUT2D eigenvalue weighted by Crippen LogP contribution is -2.21. The van der Waals surface area contributed by atoms with Crippen LogP contribution in [-0.2, 0) is 12.8 Å². The molecular formula is C16H20BrNS2. The maximum absolute atomic E-state index is 3.73. The SMILES string of the molecule is CCCNC(c1cc(Br)c(C)s1)c1cc2c(s1)CCC2. The fourth-order valence-corrected chi connectivity index (χ4v) is 5.83. The quantitative estimate of drug-likeness (QED) is 0.737. The van der Waals surface area contributed by atoms with Crippen LogP contribution in [0.4, 0.5) is 0 Å². The van der Waals surface area contributed by atoms with E-state index in [0.717, 1.165) is 6.54 Å². The van der Waals surface area contributed by atoms with E-state index in [1.807, 2.05) is 22.7 Å². The van der Waals surface area contributed by atoms with Crippen LogP contribution in [0.3, 0.4) is 0 Å². The summed E-state index contributed by atoms with van der Waals surface area (Å²) in [6.45, 7) is 5.49. The Hall–Kier alpha value is -0.160. The van der Waals surface area contributed by atoms with Crippen LogP contribution in [-0.4, -0.2) is 6.54 Å². The second-order valence-corrected chi connectivity index (χ2v) is 8.70. The maximum Gasteiger partial charge on any atom is 0.0765 e. The van der Waals surface area contributed by atoms with Gasteiger partial charge in [-0.25, -0.2) is 0 Å². The summed E-state index contributed by atoms with van der Waals surface area (Å²) in [6, 6.07) is 5.11. The first-order valence-electron chi connectivity index (χ1n) is 7.29. The van der Waals surface area contributed by atoms with E-state index in [-0.39, 0.29) is 0 Å². The molecule has 3 rings (SSSR count). The summed E-state index contributed by atoms with van der Waals surface area (Å²) < 4.78 is 1.24. The lowest BCUT2D eigenvalue weighted by Gasteiger charge is -2.15. The molecule has 0 saturated heterocycles. The number of hydrogen-bond acceptors (Lipinski definition) is 3. The number of aryl methyl sites for hydroxylation is 3. The molecule has 1 aliphatic carbocycles. The minimum Gasteiger partial charge on any atom is -0.305 e. The van der Waals surface area contributed by atoms with Crippen molar-refractivity contribution in [1.29, 1.82) is 0 Å². The van der Waals surface area contributed by atoms with Crippen LogP contribution in [0, 0.1) is 6.92 Å². The van der Waals surface area contributed by atoms with E-state index >= 15 is 0 Å². The largest absolute Gasteiger partial charge is 0.305 e. The fraction of sp³-hybridized carbons (Fsp3) is 0.500. The Morgan fingerprint density at radius 3 is 2.70 bits per heavy atom. The summed E-state index contributed by atoms with van der Waals surface area (Å²) in [4.78, 5) is 5.92. The van der Waals surface area contributed by atoms with Gasteiger partial charge in [-0.15, -0.1) is 22.7 Å². The third-order valence-corrected chi connectivity index (χ3v) is 7.31. The van der Waals surface area contributed by atoms with Crippen molar-refractivity contribution in [2.75, 3.05) is 6.54 Å². The first-order valence-corrected chi connectivity index (χ1v) is 9.72. The van der Waals surface area contributed by atoms with Crippen molar-refractivity contribution in [1.82, 2.24) is 5.32 Å². The average molecular weight is 370 g/mol. The summed E-state index contributed by atoms with van der Waals surface area (Å²) in [5.74, 6) is 0. The molecule has 0 bridgehead atoms. The first-order chi connectivity index (χ1) is 9.69. The number of fused-ring (bicyclic) bond motifs is 1. The Labute approximate surface area is 137 Å². The van der Waals surface area contributed by atoms with Gasteiger partial charge in [0, 0.05) is 24.0 Å². The number of halogens is 1. The van der Waals surface area contributed by atoms with Crippen LogP contribution in [0.2, 0.25) is 0 Å². The van der Waals surface area contributed by atoms with Gasteiger partial charge in [0.15, 0.2) is 0 Å². The van der Waals surface area contributed by atoms with E-state index in [4.69, 9.17) is 0 Å². The minimum atomic E-state index is 0.376. The highest BCUT2D eigenvalue weighted by Crippen LogP contribution is 2.39. The second-order valence-electron chi connectivity index (χ2n) is 5.39. The predicted molar refractivity (Wildman–Crippen MR) is 93.2 cm³/mol. The van der Waals surface area contributed by atoms with E-state index in [0.29, 0.717) is 6.04 Å². The Morgan fingerprint density at radius 1 is 1.25 bits per heavy atom. The lowest BCUT2D eigenvalue weighted by molar-refractivity contribution is 0.612. The lowest BCUT2D eigenvalue weighted by atomic mass is 10.1. The molecule has 0 spiro atoms. The van der Waals surface area contributed by atoms with Gasteiger partial charge in [0.1, 0.15) is 0 Å². The molecule has 1 nitrogen and oxygen atoms in total. The molecule has 2 heterocycles. The van der Waals surface area contributed by atoms with E-state index in [9.17, 15) is 0 Å². The molecule has 1 aliphatic rings. The molecular weight excluding hydrogens is 350 g/mol. The van der Waals surface area contributed by atoms with Gasteiger partial charge in [0.2, 0.25) is 0 Å². The zero-order chi connectivity index (χ0) is 14.1. The standard InChI is InChI=1S/C16H20BrNS2/c1-3-7-18-16(15-9-12(17)10(2)19-15)14-8-11-5-4-6-13(11)20-14/h8-9,16,18H,3-7H2,1-2H3. The Kier molecular flexibility index (Phi) is 4.65. The summed E-state index contributed by atoms with van der Waals surface area (Å²) in [5, 5.41) is 3.73. The van der Waals surface area contributed by atoms with Gasteiger partial charge in [-0.1, -0.05) is 6.92 Å². The monoisotopic (exact) mass is 369 g/mol. The van der Waals surface area contributed by atoms with Crippen LogP contribution in [0.1, 0.15) is 50.9 Å². The van der Waals surface area contributed by atoms with Crippen LogP contribution in [0.15, 0.2) is 16.6 Å². The van der Waals surface area contributed by atoms with Crippen LogP contribution >= 0.6 is 38.6 Å². The van der Waals surface area contributed by atoms with Gasteiger partial charge in [0.05, 0.1) is 6.04 Å². The van der Waals surface area contributed by atoms with E-state index < -0.39 is 0 Å². The van der Waals surface area contributed by atoms with Gasteiger partial charge < -0.3 is 5.32 Å². The van der Waals surface area contributed by atoms with Crippen molar-refractivity contribution < 1.29 is 0 Å². The predicted octanol–water partition coefficient (Wildman–Crippen LogP) is 5.46. The van der Waals surface area contributed by atoms with Gasteiger partial charge >= 0.3 is 0 Å². The molecule has 0 aromatic carbocycles. The normalized spacial score (nSPS) is 15.6. The smallest absolute Gasteiger partial charge is 0.0765 e. The Balaban J connectivity index is 1.92. The maximum atomic E-state index is 3.73. The van der Waals surface area contributed by atoms with Crippen molar-refractivity contribution in [3.8, 4) is 0 Å².